The number of esters is 1. The molecule has 1 aromatic rings. The summed E-state index contributed by atoms with van der Waals surface area (Å²) in [6.07, 6.45) is 18.7. The average Bonchev–Trinajstić information content (AvgIpc) is 3.62. The van der Waals surface area contributed by atoms with E-state index in [4.69, 9.17) is 4.74 Å². The Labute approximate surface area is 368 Å². The average molecular weight is 860 g/mol. The van der Waals surface area contributed by atoms with Crippen molar-refractivity contribution in [2.75, 3.05) is 52.2 Å². The van der Waals surface area contributed by atoms with Gasteiger partial charge >= 0.3 is 5.97 Å². The third kappa shape index (κ3) is 7.10. The van der Waals surface area contributed by atoms with Gasteiger partial charge in [-0.3, -0.25) is 9.69 Å². The van der Waals surface area contributed by atoms with Gasteiger partial charge in [-0.05, 0) is 151 Å². The van der Waals surface area contributed by atoms with E-state index >= 15 is 0 Å². The van der Waals surface area contributed by atoms with E-state index in [1.54, 1.807) is 4.31 Å². The van der Waals surface area contributed by atoms with Crippen LogP contribution in [0.1, 0.15) is 131 Å². The Morgan fingerprint density at radius 2 is 1.57 bits per heavy atom. The minimum atomic E-state index is -3.13. The van der Waals surface area contributed by atoms with E-state index < -0.39 is 28.1 Å². The number of carbonyl (C=O) groups is 1. The van der Waals surface area contributed by atoms with Gasteiger partial charge in [0.2, 0.25) is 10.0 Å². The van der Waals surface area contributed by atoms with Crippen LogP contribution in [0.3, 0.4) is 0 Å². The number of hydrogen-bond donors (Lipinski definition) is 1. The lowest BCUT2D eigenvalue weighted by Gasteiger charge is -2.75. The van der Waals surface area contributed by atoms with Gasteiger partial charge < -0.3 is 10.1 Å². The molecule has 61 heavy (non-hydrogen) atoms. The second-order valence-electron chi connectivity index (χ2n) is 22.8. The van der Waals surface area contributed by atoms with Gasteiger partial charge in [-0.2, -0.15) is 4.31 Å². The highest BCUT2D eigenvalue weighted by atomic mass is 32.2. The largest absolute Gasteiger partial charge is 0.460 e. The molecule has 1 saturated heterocycles. The first kappa shape index (κ1) is 45.2. The van der Waals surface area contributed by atoms with E-state index in [0.29, 0.717) is 56.0 Å². The van der Waals surface area contributed by atoms with Crippen molar-refractivity contribution in [2.45, 2.75) is 138 Å². The lowest BCUT2D eigenvalue weighted by molar-refractivity contribution is -0.247. The zero-order chi connectivity index (χ0) is 43.9. The van der Waals surface area contributed by atoms with E-state index in [1.165, 1.54) is 74.3 Å². The minimum absolute atomic E-state index is 0.0754. The maximum atomic E-state index is 14.9. The first-order valence-electron chi connectivity index (χ1n) is 24.0. The van der Waals surface area contributed by atoms with E-state index in [9.17, 15) is 17.6 Å². The fourth-order valence-corrected chi connectivity index (χ4v) is 16.7. The molecular weight excluding hydrogens is 782 g/mol. The van der Waals surface area contributed by atoms with Gasteiger partial charge in [-0.1, -0.05) is 96.2 Å². The molecule has 10 unspecified atom stereocenters. The van der Waals surface area contributed by atoms with Crippen molar-refractivity contribution >= 4 is 16.0 Å². The van der Waals surface area contributed by atoms with Crippen LogP contribution >= 0.6 is 0 Å². The first-order chi connectivity index (χ1) is 28.7. The number of sulfonamides is 1. The number of nitrogens with zero attached hydrogens (tertiary/aromatic N) is 2. The van der Waals surface area contributed by atoms with Crippen molar-refractivity contribution in [2.24, 2.45) is 56.2 Å². The minimum Gasteiger partial charge on any atom is -0.460 e. The molecule has 1 heterocycles. The Morgan fingerprint density at radius 3 is 2.21 bits per heavy atom. The summed E-state index contributed by atoms with van der Waals surface area (Å²) in [6, 6.07) is 9.68. The zero-order valence-electron chi connectivity index (χ0n) is 39.0. The molecule has 8 rings (SSSR count). The molecule has 1 aliphatic heterocycles. The molecule has 1 aromatic carbocycles. The molecule has 338 valence electrons. The number of piperazine rings is 1. The second-order valence-corrected chi connectivity index (χ2v) is 24.8. The van der Waals surface area contributed by atoms with Gasteiger partial charge in [0.25, 0.3) is 0 Å². The summed E-state index contributed by atoms with van der Waals surface area (Å²) in [7, 11) is -3.13. The molecule has 1 N–H and O–H groups in total. The highest BCUT2D eigenvalue weighted by Gasteiger charge is 2.73. The maximum Gasteiger partial charge on any atom is 0.315 e. The van der Waals surface area contributed by atoms with Crippen molar-refractivity contribution in [1.82, 2.24) is 14.5 Å². The van der Waals surface area contributed by atoms with Crippen LogP contribution in [0.2, 0.25) is 0 Å². The predicted octanol–water partition coefficient (Wildman–Crippen LogP) is 10.3. The van der Waals surface area contributed by atoms with E-state index in [-0.39, 0.29) is 39.2 Å². The number of fused-ring (bicyclic) bond motifs is 7. The number of allylic oxidation sites excluding steroid dienone is 5. The molecule has 7 aliphatic rings. The molecule has 5 fully saturated rings. The molecule has 0 bridgehead atoms. The number of rotatable bonds is 11. The third-order valence-electron chi connectivity index (χ3n) is 20.3. The Kier molecular flexibility index (Phi) is 11.9. The summed E-state index contributed by atoms with van der Waals surface area (Å²) < 4.78 is 46.5. The topological polar surface area (TPSA) is 79.0 Å². The zero-order valence-corrected chi connectivity index (χ0v) is 39.8. The van der Waals surface area contributed by atoms with Gasteiger partial charge in [-0.15, -0.1) is 0 Å². The molecule has 4 saturated carbocycles. The Morgan fingerprint density at radius 1 is 0.869 bits per heavy atom. The van der Waals surface area contributed by atoms with Gasteiger partial charge in [0, 0.05) is 44.8 Å². The molecule has 6 aliphatic carbocycles. The fourth-order valence-electron chi connectivity index (χ4n) is 15.9. The number of nitrogens with one attached hydrogen (secondary N) is 1. The predicted molar refractivity (Wildman–Crippen MR) is 245 cm³/mol. The summed E-state index contributed by atoms with van der Waals surface area (Å²) >= 11 is 0. The van der Waals surface area contributed by atoms with Gasteiger partial charge in [0.15, 0.2) is 0 Å². The summed E-state index contributed by atoms with van der Waals surface area (Å²) in [5.74, 6) is 1.99. The van der Waals surface area contributed by atoms with Crippen LogP contribution in [0.15, 0.2) is 65.8 Å². The van der Waals surface area contributed by atoms with Crippen molar-refractivity contribution < 1.29 is 22.3 Å². The smallest absolute Gasteiger partial charge is 0.315 e. The summed E-state index contributed by atoms with van der Waals surface area (Å²) in [6.45, 7) is 26.8. The third-order valence-corrected chi connectivity index (χ3v) is 21.6. The Hall–Kier alpha value is -2.33. The number of halogens is 1. The molecule has 7 nitrogen and oxygen atoms in total. The SMILES string of the molecule is C=C(C)C1CCC2(NCCN3CCN(S(C)(=O)=O)CC3)CCC3(C)C(CCC4C3(C)CCC3(C)C(C)(C)C(C5=CCC(CF)(C(=O)OCc6ccccc6)CC5)=CCC43C)C12. The maximum absolute atomic E-state index is 14.9. The first-order valence-corrected chi connectivity index (χ1v) is 25.8. The summed E-state index contributed by atoms with van der Waals surface area (Å²) in [4.78, 5) is 15.9. The summed E-state index contributed by atoms with van der Waals surface area (Å²) in [5.41, 5.74) is 4.67. The van der Waals surface area contributed by atoms with Gasteiger partial charge in [0.1, 0.15) is 13.3 Å². The van der Waals surface area contributed by atoms with E-state index in [0.717, 1.165) is 38.2 Å². The number of carbonyl (C=O) groups excluding carboxylic acids is 1. The van der Waals surface area contributed by atoms with E-state index in [1.807, 2.05) is 30.3 Å². The summed E-state index contributed by atoms with van der Waals surface area (Å²) in [5, 5.41) is 4.26. The highest BCUT2D eigenvalue weighted by molar-refractivity contribution is 7.88. The van der Waals surface area contributed by atoms with Crippen LogP contribution in [0.25, 0.3) is 0 Å². The lowest BCUT2D eigenvalue weighted by Crippen LogP contribution is -2.70. The molecule has 10 atom stereocenters. The molecule has 9 heteroatoms. The van der Waals surface area contributed by atoms with Gasteiger partial charge in [-0.25, -0.2) is 12.8 Å². The Bertz CT molecular complexity index is 2030. The van der Waals surface area contributed by atoms with Crippen molar-refractivity contribution in [3.8, 4) is 0 Å². The van der Waals surface area contributed by atoms with Crippen LogP contribution in [0, 0.1) is 56.2 Å². The number of ether oxygens (including phenoxy) is 1. The number of hydrogen-bond acceptors (Lipinski definition) is 6. The standard InChI is InChI=1S/C52H78FN3O4S/c1-37(2)40-19-24-52(54-29-30-55-31-33-56(34-32-55)61(9,58)59)28-26-47(5)42(44(40)52)15-16-43-48(47,6)25-27-50(8)46(3,4)41(20-21-49(43,50)7)39-17-22-51(36-53,23-18-39)45(57)60-35-38-13-11-10-12-14-38/h10-14,17,20,40,42-44,54H,1,15-16,18-19,21-36H2,2-9H3. The van der Waals surface area contributed by atoms with Crippen LogP contribution < -0.4 is 5.32 Å². The van der Waals surface area contributed by atoms with Crippen LogP contribution in [-0.2, 0) is 26.2 Å². The van der Waals surface area contributed by atoms with Crippen LogP contribution in [-0.4, -0.2) is 81.3 Å². The molecular formula is C52H78FN3O4S. The van der Waals surface area contributed by atoms with Crippen molar-refractivity contribution in [1.29, 1.82) is 0 Å². The molecule has 0 radical (unpaired) electrons. The quantitative estimate of drug-likeness (QED) is 0.176. The van der Waals surface area contributed by atoms with E-state index in [2.05, 4.69) is 77.4 Å². The molecule has 0 spiro atoms. The van der Waals surface area contributed by atoms with Crippen molar-refractivity contribution in [3.63, 3.8) is 0 Å². The number of alkyl halides is 1. The normalized spacial score (nSPS) is 41.3. The monoisotopic (exact) mass is 860 g/mol. The Balaban J connectivity index is 1.00. The van der Waals surface area contributed by atoms with Crippen LogP contribution in [0.5, 0.6) is 0 Å². The van der Waals surface area contributed by atoms with Crippen molar-refractivity contribution in [3.05, 3.63) is 71.3 Å². The number of benzene rings is 1. The van der Waals surface area contributed by atoms with Crippen LogP contribution in [0.4, 0.5) is 4.39 Å². The van der Waals surface area contributed by atoms with Gasteiger partial charge in [0.05, 0.1) is 11.7 Å². The second kappa shape index (κ2) is 16.0. The fraction of sp³-hybridized carbons (Fsp3) is 0.750. The lowest BCUT2D eigenvalue weighted by atomic mass is 9.29. The molecule has 0 amide bonds. The highest BCUT2D eigenvalue weighted by Crippen LogP contribution is 2.79. The molecule has 0 aromatic heterocycles.